The van der Waals surface area contributed by atoms with Crippen LogP contribution in [0.25, 0.3) is 0 Å². The number of anilines is 2. The Balaban J connectivity index is 1.84. The minimum Gasteiger partial charge on any atom is -0.336 e. The minimum absolute atomic E-state index is 0.130. The highest BCUT2D eigenvalue weighted by Gasteiger charge is 2.21. The summed E-state index contributed by atoms with van der Waals surface area (Å²) >= 11 is 0. The molecule has 0 spiro atoms. The largest absolute Gasteiger partial charge is 0.336 e. The van der Waals surface area contributed by atoms with E-state index in [1.165, 1.54) is 19.8 Å². The third-order valence-electron chi connectivity index (χ3n) is 4.68. The van der Waals surface area contributed by atoms with Crippen LogP contribution in [0.5, 0.6) is 0 Å². The van der Waals surface area contributed by atoms with Gasteiger partial charge < -0.3 is 16.0 Å². The van der Waals surface area contributed by atoms with Crippen molar-refractivity contribution in [3.8, 4) is 0 Å². The lowest BCUT2D eigenvalue weighted by Crippen LogP contribution is -2.47. The topological polar surface area (TPSA) is 73.5 Å². The van der Waals surface area contributed by atoms with Crippen LogP contribution in [-0.4, -0.2) is 42.5 Å². The predicted octanol–water partition coefficient (Wildman–Crippen LogP) is 3.20. The van der Waals surface area contributed by atoms with E-state index in [2.05, 4.69) is 34.7 Å². The van der Waals surface area contributed by atoms with Gasteiger partial charge in [-0.3, -0.25) is 9.69 Å². The first kappa shape index (κ1) is 19.2. The number of piperidine rings is 1. The predicted molar refractivity (Wildman–Crippen MR) is 102 cm³/mol. The van der Waals surface area contributed by atoms with Gasteiger partial charge in [-0.15, -0.1) is 0 Å². The fourth-order valence-corrected chi connectivity index (χ4v) is 3.19. The van der Waals surface area contributed by atoms with Crippen LogP contribution in [0.3, 0.4) is 0 Å². The second-order valence-corrected chi connectivity index (χ2v) is 7.14. The third kappa shape index (κ3) is 6.05. The van der Waals surface area contributed by atoms with Gasteiger partial charge in [-0.05, 0) is 56.8 Å². The first-order chi connectivity index (χ1) is 11.8. The fraction of sp³-hybridized carbons (Fsp3) is 0.579. The van der Waals surface area contributed by atoms with E-state index in [-0.39, 0.29) is 11.9 Å². The molecule has 25 heavy (non-hydrogen) atoms. The number of urea groups is 1. The van der Waals surface area contributed by atoms with Gasteiger partial charge in [-0.2, -0.15) is 0 Å². The quantitative estimate of drug-likeness (QED) is 0.766. The maximum Gasteiger partial charge on any atom is 0.319 e. The molecule has 1 aromatic carbocycles. The standard InChI is InChI=1S/C19H30N4O2/c1-13-6-5-9-23(12-13)15(3)11-20-19(25)22-17-8-7-14(2)18(10-17)21-16(4)24/h7-8,10,13,15H,5-6,9,11-12H2,1-4H3,(H,21,24)(H2,20,22,25)/t13-,15-/m0/s1. The molecule has 138 valence electrons. The average Bonchev–Trinajstić information content (AvgIpc) is 2.55. The number of nitrogens with zero attached hydrogens (tertiary/aromatic N) is 1. The van der Waals surface area contributed by atoms with Gasteiger partial charge in [0, 0.05) is 37.4 Å². The van der Waals surface area contributed by atoms with E-state index in [0.717, 1.165) is 24.6 Å². The molecular weight excluding hydrogens is 316 g/mol. The molecule has 3 amide bonds. The number of amides is 3. The molecule has 1 aromatic rings. The van der Waals surface area contributed by atoms with Gasteiger partial charge in [0.25, 0.3) is 0 Å². The van der Waals surface area contributed by atoms with Crippen LogP contribution >= 0.6 is 0 Å². The van der Waals surface area contributed by atoms with Gasteiger partial charge in [-0.25, -0.2) is 4.79 Å². The SMILES string of the molecule is CC(=O)Nc1cc(NC(=O)NC[C@H](C)N2CCC[C@H](C)C2)ccc1C. The Hall–Kier alpha value is -2.08. The number of nitrogens with one attached hydrogen (secondary N) is 3. The first-order valence-electron chi connectivity index (χ1n) is 9.02. The number of likely N-dealkylation sites (tertiary alicyclic amines) is 1. The number of hydrogen-bond donors (Lipinski definition) is 3. The molecule has 2 atom stereocenters. The van der Waals surface area contributed by atoms with Gasteiger partial charge in [-0.1, -0.05) is 13.0 Å². The highest BCUT2D eigenvalue weighted by Crippen LogP contribution is 2.20. The fourth-order valence-electron chi connectivity index (χ4n) is 3.19. The van der Waals surface area contributed by atoms with Crippen LogP contribution in [0, 0.1) is 12.8 Å². The summed E-state index contributed by atoms with van der Waals surface area (Å²) in [6.45, 7) is 10.6. The van der Waals surface area contributed by atoms with Crippen molar-refractivity contribution in [1.29, 1.82) is 0 Å². The smallest absolute Gasteiger partial charge is 0.319 e. The van der Waals surface area contributed by atoms with E-state index in [1.54, 1.807) is 6.07 Å². The minimum atomic E-state index is -0.227. The molecule has 0 aromatic heterocycles. The monoisotopic (exact) mass is 346 g/mol. The van der Waals surface area contributed by atoms with Crippen molar-refractivity contribution in [3.05, 3.63) is 23.8 Å². The maximum absolute atomic E-state index is 12.2. The van der Waals surface area contributed by atoms with Crippen molar-refractivity contribution in [1.82, 2.24) is 10.2 Å². The molecule has 0 radical (unpaired) electrons. The van der Waals surface area contributed by atoms with E-state index in [4.69, 9.17) is 0 Å². The average molecular weight is 346 g/mol. The zero-order valence-electron chi connectivity index (χ0n) is 15.7. The Morgan fingerprint density at radius 2 is 2.08 bits per heavy atom. The van der Waals surface area contributed by atoms with Crippen LogP contribution < -0.4 is 16.0 Å². The van der Waals surface area contributed by atoms with Crippen molar-refractivity contribution in [3.63, 3.8) is 0 Å². The highest BCUT2D eigenvalue weighted by atomic mass is 16.2. The summed E-state index contributed by atoms with van der Waals surface area (Å²) in [5.74, 6) is 0.596. The number of aryl methyl sites for hydroxylation is 1. The first-order valence-corrected chi connectivity index (χ1v) is 9.02. The van der Waals surface area contributed by atoms with Crippen molar-refractivity contribution in [2.24, 2.45) is 5.92 Å². The van der Waals surface area contributed by atoms with E-state index in [9.17, 15) is 9.59 Å². The maximum atomic E-state index is 12.2. The molecule has 0 aliphatic carbocycles. The number of carbonyl (C=O) groups excluding carboxylic acids is 2. The van der Waals surface area contributed by atoms with Crippen LogP contribution in [0.15, 0.2) is 18.2 Å². The Morgan fingerprint density at radius 3 is 2.76 bits per heavy atom. The molecule has 1 fully saturated rings. The Kier molecular flexibility index (Phi) is 6.82. The van der Waals surface area contributed by atoms with Gasteiger partial charge in [0.15, 0.2) is 0 Å². The number of rotatable bonds is 5. The third-order valence-corrected chi connectivity index (χ3v) is 4.68. The van der Waals surface area contributed by atoms with Crippen molar-refractivity contribution in [2.45, 2.75) is 46.6 Å². The van der Waals surface area contributed by atoms with E-state index in [1.807, 2.05) is 19.1 Å². The molecule has 1 aliphatic rings. The summed E-state index contributed by atoms with van der Waals surface area (Å²) in [4.78, 5) is 25.8. The van der Waals surface area contributed by atoms with Crippen LogP contribution in [0.1, 0.15) is 39.2 Å². The Morgan fingerprint density at radius 1 is 1.32 bits per heavy atom. The van der Waals surface area contributed by atoms with E-state index in [0.29, 0.717) is 24.0 Å². The lowest BCUT2D eigenvalue weighted by atomic mass is 9.99. The van der Waals surface area contributed by atoms with Crippen LogP contribution in [-0.2, 0) is 4.79 Å². The summed E-state index contributed by atoms with van der Waals surface area (Å²) < 4.78 is 0. The normalized spacial score (nSPS) is 19.1. The van der Waals surface area contributed by atoms with Crippen LogP contribution in [0.2, 0.25) is 0 Å². The molecule has 0 bridgehead atoms. The highest BCUT2D eigenvalue weighted by molar-refractivity contribution is 5.93. The van der Waals surface area contributed by atoms with E-state index < -0.39 is 0 Å². The zero-order chi connectivity index (χ0) is 18.4. The zero-order valence-corrected chi connectivity index (χ0v) is 15.7. The number of carbonyl (C=O) groups is 2. The van der Waals surface area contributed by atoms with Gasteiger partial charge in [0.1, 0.15) is 0 Å². The summed E-state index contributed by atoms with van der Waals surface area (Å²) in [7, 11) is 0. The molecule has 1 aliphatic heterocycles. The van der Waals surface area contributed by atoms with Gasteiger partial charge in [0.2, 0.25) is 5.91 Å². The molecule has 6 nitrogen and oxygen atoms in total. The summed E-state index contributed by atoms with van der Waals surface area (Å²) in [6, 6.07) is 5.57. The second-order valence-electron chi connectivity index (χ2n) is 7.14. The molecule has 6 heteroatoms. The summed E-state index contributed by atoms with van der Waals surface area (Å²) in [5.41, 5.74) is 2.32. The molecule has 0 saturated carbocycles. The lowest BCUT2D eigenvalue weighted by Gasteiger charge is -2.35. The van der Waals surface area contributed by atoms with Crippen LogP contribution in [0.4, 0.5) is 16.2 Å². The second kappa shape index (κ2) is 8.85. The molecule has 3 N–H and O–H groups in total. The summed E-state index contributed by atoms with van der Waals surface area (Å²) in [6.07, 6.45) is 2.52. The van der Waals surface area contributed by atoms with Crippen molar-refractivity contribution in [2.75, 3.05) is 30.3 Å². The molecule has 0 unspecified atom stereocenters. The van der Waals surface area contributed by atoms with Gasteiger partial charge in [0.05, 0.1) is 0 Å². The molecular formula is C19H30N4O2. The lowest BCUT2D eigenvalue weighted by molar-refractivity contribution is -0.114. The number of benzene rings is 1. The summed E-state index contributed by atoms with van der Waals surface area (Å²) in [5, 5.41) is 8.54. The Bertz CT molecular complexity index is 617. The van der Waals surface area contributed by atoms with Crippen molar-refractivity contribution >= 4 is 23.3 Å². The van der Waals surface area contributed by atoms with E-state index >= 15 is 0 Å². The number of hydrogen-bond acceptors (Lipinski definition) is 3. The molecule has 2 rings (SSSR count). The van der Waals surface area contributed by atoms with Crippen molar-refractivity contribution < 1.29 is 9.59 Å². The molecule has 1 saturated heterocycles. The molecule has 1 heterocycles. The Labute approximate surface area is 150 Å². The van der Waals surface area contributed by atoms with Gasteiger partial charge >= 0.3 is 6.03 Å².